The zero-order valence-electron chi connectivity index (χ0n) is 10.8. The van der Waals surface area contributed by atoms with Crippen molar-refractivity contribution < 1.29 is 4.79 Å². The quantitative estimate of drug-likeness (QED) is 0.776. The van der Waals surface area contributed by atoms with E-state index in [1.54, 1.807) is 11.3 Å². The molecule has 2 rings (SSSR count). The molecule has 1 aliphatic carbocycles. The Labute approximate surface area is 113 Å². The zero-order chi connectivity index (χ0) is 12.6. The second-order valence-corrected chi connectivity index (χ2v) is 5.74. The van der Waals surface area contributed by atoms with Crippen molar-refractivity contribution in [3.8, 4) is 0 Å². The van der Waals surface area contributed by atoms with Gasteiger partial charge < -0.3 is 10.6 Å². The van der Waals surface area contributed by atoms with E-state index in [1.807, 2.05) is 0 Å². The molecule has 100 valence electrons. The molecule has 4 heteroatoms. The zero-order valence-corrected chi connectivity index (χ0v) is 11.6. The maximum absolute atomic E-state index is 11.7. The fourth-order valence-corrected chi connectivity index (χ4v) is 3.10. The predicted molar refractivity (Wildman–Crippen MR) is 75.9 cm³/mol. The molecule has 1 aromatic heterocycles. The van der Waals surface area contributed by atoms with Gasteiger partial charge in [0.05, 0.1) is 6.54 Å². The molecule has 3 nitrogen and oxygen atoms in total. The van der Waals surface area contributed by atoms with Crippen LogP contribution in [0, 0.1) is 0 Å². The summed E-state index contributed by atoms with van der Waals surface area (Å²) in [5.74, 6) is 0.146. The van der Waals surface area contributed by atoms with E-state index in [-0.39, 0.29) is 5.91 Å². The Kier molecular flexibility index (Phi) is 5.68. The predicted octanol–water partition coefficient (Wildman–Crippen LogP) is 2.33. The minimum absolute atomic E-state index is 0.146. The number of thiophene rings is 1. The maximum Gasteiger partial charge on any atom is 0.234 e. The molecule has 0 bridgehead atoms. The van der Waals surface area contributed by atoms with Gasteiger partial charge >= 0.3 is 0 Å². The van der Waals surface area contributed by atoms with Gasteiger partial charge in [-0.25, -0.2) is 0 Å². The van der Waals surface area contributed by atoms with Gasteiger partial charge in [0, 0.05) is 6.04 Å². The van der Waals surface area contributed by atoms with Crippen LogP contribution in [-0.4, -0.2) is 25.0 Å². The van der Waals surface area contributed by atoms with Crippen LogP contribution in [0.25, 0.3) is 0 Å². The Hall–Kier alpha value is -0.870. The molecule has 0 aliphatic heterocycles. The highest BCUT2D eigenvalue weighted by molar-refractivity contribution is 7.07. The van der Waals surface area contributed by atoms with Crippen LogP contribution in [0.1, 0.15) is 37.7 Å². The molecule has 0 atom stereocenters. The van der Waals surface area contributed by atoms with Crippen molar-refractivity contribution in [2.75, 3.05) is 13.1 Å². The van der Waals surface area contributed by atoms with Crippen molar-refractivity contribution in [1.82, 2.24) is 10.6 Å². The monoisotopic (exact) mass is 266 g/mol. The highest BCUT2D eigenvalue weighted by Crippen LogP contribution is 2.17. The smallest absolute Gasteiger partial charge is 0.234 e. The first-order chi connectivity index (χ1) is 8.84. The van der Waals surface area contributed by atoms with Crippen molar-refractivity contribution in [3.05, 3.63) is 22.4 Å². The molecule has 0 aromatic carbocycles. The van der Waals surface area contributed by atoms with Crippen LogP contribution in [0.2, 0.25) is 0 Å². The number of hydrogen-bond acceptors (Lipinski definition) is 3. The first-order valence-corrected chi connectivity index (χ1v) is 7.80. The SMILES string of the molecule is O=C(CNCCc1ccsc1)NC1CCCCC1. The molecule has 0 radical (unpaired) electrons. The van der Waals surface area contributed by atoms with Crippen LogP contribution in [-0.2, 0) is 11.2 Å². The summed E-state index contributed by atoms with van der Waals surface area (Å²) in [6.45, 7) is 1.31. The lowest BCUT2D eigenvalue weighted by atomic mass is 9.95. The molecule has 1 aliphatic rings. The standard InChI is InChI=1S/C14H22N2OS/c17-14(16-13-4-2-1-3-5-13)10-15-8-6-12-7-9-18-11-12/h7,9,11,13,15H,1-6,8,10H2,(H,16,17). The van der Waals surface area contributed by atoms with E-state index in [2.05, 4.69) is 27.5 Å². The third-order valence-corrected chi connectivity index (χ3v) is 4.16. The molecule has 0 spiro atoms. The summed E-state index contributed by atoms with van der Waals surface area (Å²) >= 11 is 1.72. The number of amides is 1. The fraction of sp³-hybridized carbons (Fsp3) is 0.643. The van der Waals surface area contributed by atoms with Crippen LogP contribution in [0.15, 0.2) is 16.8 Å². The second kappa shape index (κ2) is 7.54. The normalized spacial score (nSPS) is 16.7. The number of hydrogen-bond donors (Lipinski definition) is 2. The van der Waals surface area contributed by atoms with Crippen molar-refractivity contribution in [2.45, 2.75) is 44.6 Å². The maximum atomic E-state index is 11.7. The molecule has 1 saturated carbocycles. The molecular weight excluding hydrogens is 244 g/mol. The highest BCUT2D eigenvalue weighted by atomic mass is 32.1. The van der Waals surface area contributed by atoms with Crippen LogP contribution < -0.4 is 10.6 Å². The van der Waals surface area contributed by atoms with Crippen LogP contribution >= 0.6 is 11.3 Å². The second-order valence-electron chi connectivity index (χ2n) is 4.96. The van der Waals surface area contributed by atoms with E-state index >= 15 is 0 Å². The van der Waals surface area contributed by atoms with Gasteiger partial charge in [0.25, 0.3) is 0 Å². The van der Waals surface area contributed by atoms with E-state index in [9.17, 15) is 4.79 Å². The van der Waals surface area contributed by atoms with Crippen molar-refractivity contribution in [1.29, 1.82) is 0 Å². The molecular formula is C14H22N2OS. The van der Waals surface area contributed by atoms with Gasteiger partial charge in [0.15, 0.2) is 0 Å². The van der Waals surface area contributed by atoms with Crippen LogP contribution in [0.5, 0.6) is 0 Å². The molecule has 1 amide bonds. The van der Waals surface area contributed by atoms with Crippen molar-refractivity contribution >= 4 is 17.2 Å². The number of carbonyl (C=O) groups is 1. The first kappa shape index (κ1) is 13.6. The topological polar surface area (TPSA) is 41.1 Å². The van der Waals surface area contributed by atoms with Gasteiger partial charge in [-0.1, -0.05) is 19.3 Å². The summed E-state index contributed by atoms with van der Waals surface area (Å²) in [6.07, 6.45) is 7.15. The molecule has 0 unspecified atom stereocenters. The van der Waals surface area contributed by atoms with Gasteiger partial charge in [-0.05, 0) is 48.2 Å². The Morgan fingerprint density at radius 1 is 1.33 bits per heavy atom. The lowest BCUT2D eigenvalue weighted by molar-refractivity contribution is -0.121. The Morgan fingerprint density at radius 3 is 2.89 bits per heavy atom. The summed E-state index contributed by atoms with van der Waals surface area (Å²) < 4.78 is 0. The lowest BCUT2D eigenvalue weighted by Crippen LogP contribution is -2.41. The third kappa shape index (κ3) is 4.78. The minimum atomic E-state index is 0.146. The first-order valence-electron chi connectivity index (χ1n) is 6.86. The molecule has 0 saturated heterocycles. The fourth-order valence-electron chi connectivity index (χ4n) is 2.40. The molecule has 2 N–H and O–H groups in total. The number of carbonyl (C=O) groups excluding carboxylic acids is 1. The Bertz CT molecular complexity index is 345. The highest BCUT2D eigenvalue weighted by Gasteiger charge is 2.14. The summed E-state index contributed by atoms with van der Waals surface area (Å²) in [5, 5.41) is 10.6. The van der Waals surface area contributed by atoms with Gasteiger partial charge in [0.1, 0.15) is 0 Å². The molecule has 18 heavy (non-hydrogen) atoms. The van der Waals surface area contributed by atoms with E-state index in [0.29, 0.717) is 12.6 Å². The Balaban J connectivity index is 1.54. The third-order valence-electron chi connectivity index (χ3n) is 3.43. The summed E-state index contributed by atoms with van der Waals surface area (Å²) in [6, 6.07) is 2.55. The van der Waals surface area contributed by atoms with Crippen molar-refractivity contribution in [3.63, 3.8) is 0 Å². The number of rotatable bonds is 6. The lowest BCUT2D eigenvalue weighted by Gasteiger charge is -2.22. The van der Waals surface area contributed by atoms with E-state index in [4.69, 9.17) is 0 Å². The average molecular weight is 266 g/mol. The largest absolute Gasteiger partial charge is 0.352 e. The van der Waals surface area contributed by atoms with Gasteiger partial charge in [-0.15, -0.1) is 0 Å². The summed E-state index contributed by atoms with van der Waals surface area (Å²) in [7, 11) is 0. The van der Waals surface area contributed by atoms with E-state index in [1.165, 1.54) is 24.8 Å². The minimum Gasteiger partial charge on any atom is -0.352 e. The summed E-state index contributed by atoms with van der Waals surface area (Å²) in [5.41, 5.74) is 1.35. The Morgan fingerprint density at radius 2 is 2.17 bits per heavy atom. The van der Waals surface area contributed by atoms with Gasteiger partial charge in [-0.3, -0.25) is 4.79 Å². The van der Waals surface area contributed by atoms with Gasteiger partial charge in [0.2, 0.25) is 5.91 Å². The van der Waals surface area contributed by atoms with E-state index in [0.717, 1.165) is 25.8 Å². The van der Waals surface area contributed by atoms with E-state index < -0.39 is 0 Å². The number of nitrogens with one attached hydrogen (secondary N) is 2. The molecule has 1 aromatic rings. The molecule has 1 heterocycles. The molecule has 1 fully saturated rings. The average Bonchev–Trinajstić information content (AvgIpc) is 2.89. The van der Waals surface area contributed by atoms with Crippen LogP contribution in [0.4, 0.5) is 0 Å². The van der Waals surface area contributed by atoms with Gasteiger partial charge in [-0.2, -0.15) is 11.3 Å². The van der Waals surface area contributed by atoms with Crippen molar-refractivity contribution in [2.24, 2.45) is 0 Å². The van der Waals surface area contributed by atoms with Crippen LogP contribution in [0.3, 0.4) is 0 Å². The summed E-state index contributed by atoms with van der Waals surface area (Å²) in [4.78, 5) is 11.7.